The van der Waals surface area contributed by atoms with Gasteiger partial charge in [-0.1, -0.05) is 30.3 Å². The molecule has 0 aliphatic carbocycles. The van der Waals surface area contributed by atoms with Gasteiger partial charge >= 0.3 is 6.18 Å². The third-order valence-corrected chi connectivity index (χ3v) is 4.97. The van der Waals surface area contributed by atoms with Crippen LogP contribution in [0.5, 0.6) is 0 Å². The van der Waals surface area contributed by atoms with Crippen LogP contribution < -0.4 is 0 Å². The van der Waals surface area contributed by atoms with Crippen LogP contribution in [0, 0.1) is 0 Å². The lowest BCUT2D eigenvalue weighted by molar-refractivity contribution is -0.137. The maximum atomic E-state index is 12.9. The van der Waals surface area contributed by atoms with Crippen molar-refractivity contribution in [1.29, 1.82) is 0 Å². The number of halogens is 3. The smallest absolute Gasteiger partial charge is 0.264 e. The molecule has 6 heteroatoms. The molecule has 0 amide bonds. The maximum absolute atomic E-state index is 12.9. The molecule has 1 aromatic carbocycles. The van der Waals surface area contributed by atoms with Crippen LogP contribution in [-0.2, 0) is 12.6 Å². The predicted octanol–water partition coefficient (Wildman–Crippen LogP) is 5.93. The minimum Gasteiger partial charge on any atom is -0.264 e. The first-order chi connectivity index (χ1) is 14.5. The molecule has 0 radical (unpaired) electrons. The van der Waals surface area contributed by atoms with Crippen LogP contribution in [0.25, 0.3) is 11.3 Å². The van der Waals surface area contributed by atoms with Crippen molar-refractivity contribution in [3.8, 4) is 11.3 Å². The van der Waals surface area contributed by atoms with Crippen LogP contribution >= 0.6 is 0 Å². The molecule has 0 bridgehead atoms. The highest BCUT2D eigenvalue weighted by atomic mass is 19.4. The van der Waals surface area contributed by atoms with E-state index in [9.17, 15) is 13.2 Å². The van der Waals surface area contributed by atoms with Gasteiger partial charge in [-0.05, 0) is 53.4 Å². The first kappa shape index (κ1) is 19.8. The molecule has 4 aromatic rings. The van der Waals surface area contributed by atoms with Crippen molar-refractivity contribution in [1.82, 2.24) is 15.0 Å². The Morgan fingerprint density at radius 3 is 1.87 bits per heavy atom. The largest absolute Gasteiger partial charge is 0.416 e. The molecule has 3 aromatic heterocycles. The summed E-state index contributed by atoms with van der Waals surface area (Å²) in [7, 11) is 0. The fourth-order valence-electron chi connectivity index (χ4n) is 3.49. The van der Waals surface area contributed by atoms with Gasteiger partial charge in [0.25, 0.3) is 0 Å². The Hall–Kier alpha value is -3.54. The van der Waals surface area contributed by atoms with Gasteiger partial charge in [-0.15, -0.1) is 0 Å². The fraction of sp³-hybridized carbons (Fsp3) is 0.125. The summed E-state index contributed by atoms with van der Waals surface area (Å²) >= 11 is 0. The minimum absolute atomic E-state index is 0.00945. The lowest BCUT2D eigenvalue weighted by Crippen LogP contribution is -2.08. The molecule has 3 nitrogen and oxygen atoms in total. The van der Waals surface area contributed by atoms with E-state index in [1.807, 2.05) is 48.8 Å². The average Bonchev–Trinajstić information content (AvgIpc) is 2.78. The van der Waals surface area contributed by atoms with Gasteiger partial charge in [0.1, 0.15) is 0 Å². The Bertz CT molecular complexity index is 1060. The van der Waals surface area contributed by atoms with Gasteiger partial charge in [-0.2, -0.15) is 13.2 Å². The molecular formula is C24H18F3N3. The zero-order valence-corrected chi connectivity index (χ0v) is 15.9. The highest BCUT2D eigenvalue weighted by Gasteiger charge is 2.30. The van der Waals surface area contributed by atoms with Crippen molar-refractivity contribution in [3.63, 3.8) is 0 Å². The second-order valence-corrected chi connectivity index (χ2v) is 6.92. The van der Waals surface area contributed by atoms with E-state index in [0.717, 1.165) is 28.8 Å². The second kappa shape index (κ2) is 8.45. The Morgan fingerprint density at radius 1 is 0.733 bits per heavy atom. The number of aromatic nitrogens is 3. The van der Waals surface area contributed by atoms with E-state index in [4.69, 9.17) is 0 Å². The zero-order chi connectivity index (χ0) is 21.0. The van der Waals surface area contributed by atoms with Gasteiger partial charge in [0.2, 0.25) is 0 Å². The number of benzene rings is 1. The Morgan fingerprint density at radius 2 is 1.33 bits per heavy atom. The molecule has 0 aliphatic rings. The van der Waals surface area contributed by atoms with Gasteiger partial charge < -0.3 is 0 Å². The van der Waals surface area contributed by atoms with Gasteiger partial charge in [0.15, 0.2) is 0 Å². The molecule has 0 atom stereocenters. The number of nitrogens with zero attached hydrogens (tertiary/aromatic N) is 3. The fourth-order valence-corrected chi connectivity index (χ4v) is 3.49. The average molecular weight is 405 g/mol. The molecule has 0 fully saturated rings. The molecule has 0 N–H and O–H groups in total. The third kappa shape index (κ3) is 4.38. The van der Waals surface area contributed by atoms with E-state index in [-0.39, 0.29) is 5.92 Å². The van der Waals surface area contributed by atoms with Crippen molar-refractivity contribution in [3.05, 3.63) is 114 Å². The van der Waals surface area contributed by atoms with E-state index in [0.29, 0.717) is 17.7 Å². The van der Waals surface area contributed by atoms with E-state index in [1.54, 1.807) is 18.6 Å². The number of hydrogen-bond donors (Lipinski definition) is 0. The van der Waals surface area contributed by atoms with E-state index in [1.165, 1.54) is 12.1 Å². The van der Waals surface area contributed by atoms with Crippen LogP contribution in [-0.4, -0.2) is 15.0 Å². The Balaban J connectivity index is 1.72. The summed E-state index contributed by atoms with van der Waals surface area (Å²) in [6.45, 7) is 0. The van der Waals surface area contributed by atoms with Crippen molar-refractivity contribution in [2.24, 2.45) is 0 Å². The summed E-state index contributed by atoms with van der Waals surface area (Å²) in [5, 5.41) is 0. The van der Waals surface area contributed by atoms with Gasteiger partial charge in [-0.25, -0.2) is 0 Å². The lowest BCUT2D eigenvalue weighted by atomic mass is 9.86. The van der Waals surface area contributed by atoms with Crippen molar-refractivity contribution < 1.29 is 13.2 Å². The summed E-state index contributed by atoms with van der Waals surface area (Å²) in [5.41, 5.74) is 3.65. The van der Waals surface area contributed by atoms with Gasteiger partial charge in [0.05, 0.1) is 11.3 Å². The molecular weight excluding hydrogens is 387 g/mol. The number of rotatable bonds is 5. The highest BCUT2D eigenvalue weighted by molar-refractivity contribution is 5.63. The molecule has 3 heterocycles. The standard InChI is InChI=1S/C24H18F3N3/c25-24(26,27)21-9-7-17(8-10-21)23-18(4-3-13-30-23)14-22(19-5-1-11-28-15-19)20-6-2-12-29-16-20/h1-13,15-16,22H,14H2. The van der Waals surface area contributed by atoms with Crippen LogP contribution in [0.15, 0.2) is 91.6 Å². The van der Waals surface area contributed by atoms with E-state index >= 15 is 0 Å². The molecule has 0 unspecified atom stereocenters. The molecule has 0 spiro atoms. The Labute approximate surface area is 172 Å². The number of pyridine rings is 3. The first-order valence-corrected chi connectivity index (χ1v) is 9.44. The summed E-state index contributed by atoms with van der Waals surface area (Å²) in [5.74, 6) is -0.00945. The minimum atomic E-state index is -4.36. The van der Waals surface area contributed by atoms with Gasteiger partial charge in [-0.3, -0.25) is 15.0 Å². The molecule has 0 saturated carbocycles. The van der Waals surface area contributed by atoms with E-state index in [2.05, 4.69) is 15.0 Å². The van der Waals surface area contributed by atoms with E-state index < -0.39 is 11.7 Å². The molecule has 4 rings (SSSR count). The van der Waals surface area contributed by atoms with Crippen molar-refractivity contribution in [2.75, 3.05) is 0 Å². The van der Waals surface area contributed by atoms with Crippen LogP contribution in [0.4, 0.5) is 13.2 Å². The monoisotopic (exact) mass is 405 g/mol. The predicted molar refractivity (Wildman–Crippen MR) is 109 cm³/mol. The summed E-state index contributed by atoms with van der Waals surface area (Å²) in [6.07, 6.45) is 5.00. The number of hydrogen-bond acceptors (Lipinski definition) is 3. The van der Waals surface area contributed by atoms with Crippen LogP contribution in [0.1, 0.15) is 28.2 Å². The summed E-state index contributed by atoms with van der Waals surface area (Å²) in [4.78, 5) is 13.0. The lowest BCUT2D eigenvalue weighted by Gasteiger charge is -2.19. The molecule has 30 heavy (non-hydrogen) atoms. The molecule has 0 saturated heterocycles. The first-order valence-electron chi connectivity index (χ1n) is 9.44. The van der Waals surface area contributed by atoms with Crippen LogP contribution in [0.2, 0.25) is 0 Å². The zero-order valence-electron chi connectivity index (χ0n) is 15.9. The second-order valence-electron chi connectivity index (χ2n) is 6.92. The topological polar surface area (TPSA) is 38.7 Å². The quantitative estimate of drug-likeness (QED) is 0.413. The van der Waals surface area contributed by atoms with Crippen molar-refractivity contribution in [2.45, 2.75) is 18.5 Å². The van der Waals surface area contributed by atoms with Crippen molar-refractivity contribution >= 4 is 0 Å². The number of alkyl halides is 3. The third-order valence-electron chi connectivity index (χ3n) is 4.97. The van der Waals surface area contributed by atoms with Gasteiger partial charge in [0, 0.05) is 42.5 Å². The summed E-state index contributed by atoms with van der Waals surface area (Å²) in [6, 6.07) is 16.7. The molecule has 150 valence electrons. The van der Waals surface area contributed by atoms with Crippen LogP contribution in [0.3, 0.4) is 0 Å². The Kier molecular flexibility index (Phi) is 5.57. The molecule has 0 aliphatic heterocycles. The SMILES string of the molecule is FC(F)(F)c1ccc(-c2ncccc2CC(c2cccnc2)c2cccnc2)cc1. The normalized spacial score (nSPS) is 11.6. The highest BCUT2D eigenvalue weighted by Crippen LogP contribution is 2.33. The summed E-state index contributed by atoms with van der Waals surface area (Å²) < 4.78 is 38.8. The maximum Gasteiger partial charge on any atom is 0.416 e.